The van der Waals surface area contributed by atoms with Crippen molar-refractivity contribution in [3.63, 3.8) is 0 Å². The van der Waals surface area contributed by atoms with Gasteiger partial charge >= 0.3 is 5.97 Å². The monoisotopic (exact) mass is 195 g/mol. The molecule has 4 nitrogen and oxygen atoms in total. The summed E-state index contributed by atoms with van der Waals surface area (Å²) in [6, 6.07) is 1.86. The molecule has 0 aliphatic heterocycles. The van der Waals surface area contributed by atoms with Crippen LogP contribution in [0.4, 0.5) is 0 Å². The van der Waals surface area contributed by atoms with E-state index in [2.05, 4.69) is 9.72 Å². The Morgan fingerprint density at radius 2 is 2.21 bits per heavy atom. The number of nitrogens with zero attached hydrogens (tertiary/aromatic N) is 1. The average molecular weight is 195 g/mol. The molecule has 76 valence electrons. The Balaban J connectivity index is 2.54. The third-order valence-corrected chi connectivity index (χ3v) is 1.85. The lowest BCUT2D eigenvalue weighted by molar-refractivity contribution is -0.140. The van der Waals surface area contributed by atoms with Gasteiger partial charge in [-0.15, -0.1) is 0 Å². The minimum atomic E-state index is -0.215. The van der Waals surface area contributed by atoms with Crippen LogP contribution >= 0.6 is 0 Å². The van der Waals surface area contributed by atoms with Crippen LogP contribution < -0.4 is 4.74 Å². The first-order valence-electron chi connectivity index (χ1n) is 4.31. The summed E-state index contributed by atoms with van der Waals surface area (Å²) in [6.07, 6.45) is 4.33. The third-order valence-electron chi connectivity index (χ3n) is 1.85. The van der Waals surface area contributed by atoms with Gasteiger partial charge in [0.1, 0.15) is 5.75 Å². The fraction of sp³-hybridized carbons (Fsp3) is 0.400. The second kappa shape index (κ2) is 5.21. The van der Waals surface area contributed by atoms with Gasteiger partial charge in [0.05, 0.1) is 20.4 Å². The zero-order chi connectivity index (χ0) is 10.4. The van der Waals surface area contributed by atoms with Crippen LogP contribution in [0, 0.1) is 0 Å². The molecule has 0 spiro atoms. The van der Waals surface area contributed by atoms with Crippen LogP contribution in [0.5, 0.6) is 5.75 Å². The molecule has 1 rings (SSSR count). The quantitative estimate of drug-likeness (QED) is 0.677. The number of rotatable bonds is 4. The van der Waals surface area contributed by atoms with Gasteiger partial charge in [-0.25, -0.2) is 0 Å². The van der Waals surface area contributed by atoms with Gasteiger partial charge in [-0.3, -0.25) is 9.78 Å². The second-order valence-corrected chi connectivity index (χ2v) is 2.81. The maximum atomic E-state index is 10.9. The number of ether oxygens (including phenoxy) is 2. The Labute approximate surface area is 82.9 Å². The Morgan fingerprint density at radius 3 is 2.86 bits per heavy atom. The van der Waals surface area contributed by atoms with Gasteiger partial charge in [-0.1, -0.05) is 0 Å². The highest BCUT2D eigenvalue weighted by atomic mass is 16.5. The van der Waals surface area contributed by atoms with Crippen LogP contribution in [0.25, 0.3) is 0 Å². The van der Waals surface area contributed by atoms with Crippen LogP contribution in [0.1, 0.15) is 12.0 Å². The highest BCUT2D eigenvalue weighted by molar-refractivity contribution is 5.69. The van der Waals surface area contributed by atoms with Gasteiger partial charge < -0.3 is 9.47 Å². The lowest BCUT2D eigenvalue weighted by Gasteiger charge is -2.02. The number of hydrogen-bond acceptors (Lipinski definition) is 4. The van der Waals surface area contributed by atoms with Gasteiger partial charge in [-0.05, 0) is 18.1 Å². The largest absolute Gasteiger partial charge is 0.495 e. The van der Waals surface area contributed by atoms with E-state index in [-0.39, 0.29) is 5.97 Å². The summed E-state index contributed by atoms with van der Waals surface area (Å²) in [5, 5.41) is 0. The van der Waals surface area contributed by atoms with E-state index in [0.717, 1.165) is 5.56 Å². The van der Waals surface area contributed by atoms with Crippen molar-refractivity contribution >= 4 is 5.97 Å². The van der Waals surface area contributed by atoms with E-state index in [0.29, 0.717) is 18.6 Å². The molecule has 0 N–H and O–H groups in total. The minimum absolute atomic E-state index is 0.215. The molecule has 1 heterocycles. The molecule has 0 radical (unpaired) electrons. The summed E-state index contributed by atoms with van der Waals surface area (Å²) in [6.45, 7) is 0. The molecule has 1 aromatic rings. The molecule has 0 saturated carbocycles. The number of carbonyl (C=O) groups excluding carboxylic acids is 1. The lowest BCUT2D eigenvalue weighted by Crippen LogP contribution is -2.02. The normalized spacial score (nSPS) is 9.57. The average Bonchev–Trinajstić information content (AvgIpc) is 2.26. The molecule has 0 aliphatic rings. The summed E-state index contributed by atoms with van der Waals surface area (Å²) in [4.78, 5) is 14.8. The Bertz CT molecular complexity index is 312. The number of methoxy groups -OCH3 is 2. The van der Waals surface area contributed by atoms with Crippen molar-refractivity contribution in [1.82, 2.24) is 4.98 Å². The summed E-state index contributed by atoms with van der Waals surface area (Å²) in [7, 11) is 2.97. The molecule has 0 bridgehead atoms. The van der Waals surface area contributed by atoms with E-state index < -0.39 is 0 Å². The Hall–Kier alpha value is -1.58. The standard InChI is InChI=1S/C10H13NO3/c1-13-9-5-8(6-11-7-9)3-4-10(12)14-2/h5-7H,3-4H2,1-2H3. The van der Waals surface area contributed by atoms with Gasteiger partial charge in [0.2, 0.25) is 0 Å². The number of hydrogen-bond donors (Lipinski definition) is 0. The number of aromatic nitrogens is 1. The molecule has 0 atom stereocenters. The predicted molar refractivity (Wildman–Crippen MR) is 51.1 cm³/mol. The Morgan fingerprint density at radius 1 is 1.43 bits per heavy atom. The van der Waals surface area contributed by atoms with Crippen LogP contribution in [-0.2, 0) is 16.0 Å². The van der Waals surface area contributed by atoms with Crippen molar-refractivity contribution < 1.29 is 14.3 Å². The molecule has 0 aromatic carbocycles. The van der Waals surface area contributed by atoms with E-state index in [9.17, 15) is 4.79 Å². The van der Waals surface area contributed by atoms with Crippen molar-refractivity contribution in [2.45, 2.75) is 12.8 Å². The number of carbonyl (C=O) groups is 1. The number of aryl methyl sites for hydroxylation is 1. The third kappa shape index (κ3) is 3.05. The molecular formula is C10H13NO3. The maximum absolute atomic E-state index is 10.9. The van der Waals surface area contributed by atoms with Gasteiger partial charge in [0.15, 0.2) is 0 Å². The lowest BCUT2D eigenvalue weighted by atomic mass is 10.1. The van der Waals surface area contributed by atoms with Crippen LogP contribution in [0.3, 0.4) is 0 Å². The molecule has 4 heteroatoms. The SMILES string of the molecule is COC(=O)CCc1cncc(OC)c1. The summed E-state index contributed by atoms with van der Waals surface area (Å²) >= 11 is 0. The fourth-order valence-corrected chi connectivity index (χ4v) is 1.06. The summed E-state index contributed by atoms with van der Waals surface area (Å²) in [5.74, 6) is 0.486. The number of pyridine rings is 1. The second-order valence-electron chi connectivity index (χ2n) is 2.81. The molecule has 14 heavy (non-hydrogen) atoms. The van der Waals surface area contributed by atoms with Crippen LogP contribution in [-0.4, -0.2) is 25.2 Å². The summed E-state index contributed by atoms with van der Waals surface area (Å²) in [5.41, 5.74) is 0.967. The molecule has 0 fully saturated rings. The van der Waals surface area contributed by atoms with Gasteiger partial charge in [-0.2, -0.15) is 0 Å². The minimum Gasteiger partial charge on any atom is -0.495 e. The Kier molecular flexibility index (Phi) is 3.91. The highest BCUT2D eigenvalue weighted by Gasteiger charge is 2.02. The number of esters is 1. The zero-order valence-corrected chi connectivity index (χ0v) is 8.32. The maximum Gasteiger partial charge on any atom is 0.305 e. The zero-order valence-electron chi connectivity index (χ0n) is 8.32. The molecule has 0 amide bonds. The molecule has 0 saturated heterocycles. The van der Waals surface area contributed by atoms with E-state index in [4.69, 9.17) is 4.74 Å². The fourth-order valence-electron chi connectivity index (χ4n) is 1.06. The molecule has 1 aromatic heterocycles. The van der Waals surface area contributed by atoms with Crippen molar-refractivity contribution in [3.05, 3.63) is 24.0 Å². The van der Waals surface area contributed by atoms with Crippen molar-refractivity contribution in [2.24, 2.45) is 0 Å². The summed E-state index contributed by atoms with van der Waals surface area (Å²) < 4.78 is 9.55. The van der Waals surface area contributed by atoms with Crippen LogP contribution in [0.2, 0.25) is 0 Å². The highest BCUT2D eigenvalue weighted by Crippen LogP contribution is 2.11. The first-order valence-corrected chi connectivity index (χ1v) is 4.31. The van der Waals surface area contributed by atoms with Crippen molar-refractivity contribution in [1.29, 1.82) is 0 Å². The topological polar surface area (TPSA) is 48.4 Å². The molecule has 0 aliphatic carbocycles. The van der Waals surface area contributed by atoms with E-state index in [1.165, 1.54) is 7.11 Å². The molecule has 0 unspecified atom stereocenters. The smallest absolute Gasteiger partial charge is 0.305 e. The first-order chi connectivity index (χ1) is 6.76. The predicted octanol–water partition coefficient (Wildman–Crippen LogP) is 1.20. The van der Waals surface area contributed by atoms with Crippen molar-refractivity contribution in [3.8, 4) is 5.75 Å². The van der Waals surface area contributed by atoms with E-state index in [1.807, 2.05) is 6.07 Å². The first kappa shape index (κ1) is 10.5. The molecular weight excluding hydrogens is 182 g/mol. The van der Waals surface area contributed by atoms with Gasteiger partial charge in [0.25, 0.3) is 0 Å². The van der Waals surface area contributed by atoms with Gasteiger partial charge in [0, 0.05) is 12.6 Å². The van der Waals surface area contributed by atoms with E-state index >= 15 is 0 Å². The van der Waals surface area contributed by atoms with E-state index in [1.54, 1.807) is 19.5 Å². The van der Waals surface area contributed by atoms with Crippen LogP contribution in [0.15, 0.2) is 18.5 Å². The van der Waals surface area contributed by atoms with Crippen molar-refractivity contribution in [2.75, 3.05) is 14.2 Å².